The van der Waals surface area contributed by atoms with Gasteiger partial charge in [0.15, 0.2) is 16.8 Å². The molecule has 1 N–H and O–H groups in total. The second kappa shape index (κ2) is 4.37. The molecule has 4 nitrogen and oxygen atoms in total. The molecule has 6 heteroatoms. The standard InChI is InChI=1S/C5H7NO3S.Na/c1-3-5(10(7)8)4(2)9-6-3;/h1-2H3,(H,7,8);/q;+1. The smallest absolute Gasteiger partial charge is 0.360 e. The van der Waals surface area contributed by atoms with Crippen molar-refractivity contribution in [2.75, 3.05) is 0 Å². The summed E-state index contributed by atoms with van der Waals surface area (Å²) in [7, 11) is 0. The first kappa shape index (κ1) is 11.3. The first-order valence-corrected chi connectivity index (χ1v) is 3.77. The van der Waals surface area contributed by atoms with E-state index in [1.54, 1.807) is 13.8 Å². The van der Waals surface area contributed by atoms with E-state index >= 15 is 0 Å². The van der Waals surface area contributed by atoms with E-state index in [1.165, 1.54) is 0 Å². The van der Waals surface area contributed by atoms with Crippen molar-refractivity contribution >= 4 is 11.1 Å². The van der Waals surface area contributed by atoms with E-state index in [4.69, 9.17) is 4.55 Å². The zero-order valence-corrected chi connectivity index (χ0v) is 9.44. The Hall–Kier alpha value is 0.320. The SMILES string of the molecule is Cc1noc(C)c1S(=O)O.[Na+]. The van der Waals surface area contributed by atoms with Gasteiger partial charge in [-0.3, -0.25) is 0 Å². The molecule has 1 heterocycles. The maximum Gasteiger partial charge on any atom is 1.00 e. The largest absolute Gasteiger partial charge is 1.00 e. The van der Waals surface area contributed by atoms with E-state index in [0.717, 1.165) is 0 Å². The van der Waals surface area contributed by atoms with Crippen molar-refractivity contribution in [3.8, 4) is 0 Å². The molecule has 0 aromatic carbocycles. The molecule has 1 aromatic heterocycles. The van der Waals surface area contributed by atoms with Crippen LogP contribution in [0.1, 0.15) is 11.5 Å². The van der Waals surface area contributed by atoms with Crippen LogP contribution in [0.15, 0.2) is 9.42 Å². The van der Waals surface area contributed by atoms with Gasteiger partial charge in [0.1, 0.15) is 4.90 Å². The van der Waals surface area contributed by atoms with Gasteiger partial charge < -0.3 is 9.08 Å². The molecule has 0 saturated heterocycles. The minimum absolute atomic E-state index is 0. The third-order valence-electron chi connectivity index (χ3n) is 1.14. The van der Waals surface area contributed by atoms with Crippen molar-refractivity contribution in [1.82, 2.24) is 5.16 Å². The van der Waals surface area contributed by atoms with Crippen molar-refractivity contribution in [2.45, 2.75) is 18.7 Å². The third kappa shape index (κ3) is 2.38. The molecule has 1 rings (SSSR count). The van der Waals surface area contributed by atoms with Crippen LogP contribution in [0, 0.1) is 13.8 Å². The maximum absolute atomic E-state index is 10.5. The molecular formula is C5H7NNaO3S+. The van der Waals surface area contributed by atoms with Crippen LogP contribution in [0.3, 0.4) is 0 Å². The number of hydrogen-bond donors (Lipinski definition) is 1. The number of rotatable bonds is 1. The Kier molecular flexibility index (Phi) is 4.50. The second-order valence-electron chi connectivity index (χ2n) is 1.90. The van der Waals surface area contributed by atoms with Crippen molar-refractivity contribution in [3.63, 3.8) is 0 Å². The first-order valence-electron chi connectivity index (χ1n) is 2.66. The molecule has 11 heavy (non-hydrogen) atoms. The molecule has 0 aliphatic heterocycles. The Bertz CT molecular complexity index is 253. The fourth-order valence-corrected chi connectivity index (χ4v) is 1.30. The van der Waals surface area contributed by atoms with E-state index in [1.807, 2.05) is 0 Å². The van der Waals surface area contributed by atoms with Crippen molar-refractivity contribution < 1.29 is 42.8 Å². The van der Waals surface area contributed by atoms with Crippen LogP contribution in [0.2, 0.25) is 0 Å². The van der Waals surface area contributed by atoms with Gasteiger partial charge in [0.05, 0.1) is 5.69 Å². The molecule has 0 radical (unpaired) electrons. The van der Waals surface area contributed by atoms with Crippen LogP contribution in [-0.4, -0.2) is 13.9 Å². The Morgan fingerprint density at radius 1 is 1.55 bits per heavy atom. The Labute approximate surface area is 88.9 Å². The fourth-order valence-electron chi connectivity index (χ4n) is 0.724. The summed E-state index contributed by atoms with van der Waals surface area (Å²) in [6.07, 6.45) is 0. The molecule has 0 amide bonds. The number of nitrogens with zero attached hydrogens (tertiary/aromatic N) is 1. The van der Waals surface area contributed by atoms with Gasteiger partial charge in [-0.2, -0.15) is 0 Å². The van der Waals surface area contributed by atoms with Crippen LogP contribution in [-0.2, 0) is 11.1 Å². The van der Waals surface area contributed by atoms with E-state index in [-0.39, 0.29) is 34.5 Å². The predicted octanol–water partition coefficient (Wildman–Crippen LogP) is -2.12. The summed E-state index contributed by atoms with van der Waals surface area (Å²) in [5.41, 5.74) is 0.471. The van der Waals surface area contributed by atoms with E-state index < -0.39 is 11.1 Å². The Morgan fingerprint density at radius 2 is 2.09 bits per heavy atom. The zero-order valence-electron chi connectivity index (χ0n) is 6.62. The van der Waals surface area contributed by atoms with Crippen molar-refractivity contribution in [2.24, 2.45) is 0 Å². The normalized spacial score (nSPS) is 12.3. The van der Waals surface area contributed by atoms with Crippen molar-refractivity contribution in [3.05, 3.63) is 11.5 Å². The molecule has 1 unspecified atom stereocenters. The first-order chi connectivity index (χ1) is 4.63. The summed E-state index contributed by atoms with van der Waals surface area (Å²) in [6.45, 7) is 3.23. The van der Waals surface area contributed by atoms with Crippen LogP contribution >= 0.6 is 0 Å². The van der Waals surface area contributed by atoms with Gasteiger partial charge in [0.25, 0.3) is 0 Å². The van der Waals surface area contributed by atoms with Gasteiger partial charge in [0.2, 0.25) is 0 Å². The van der Waals surface area contributed by atoms with Gasteiger partial charge in [-0.25, -0.2) is 4.21 Å². The summed E-state index contributed by atoms with van der Waals surface area (Å²) in [6, 6.07) is 0. The molecule has 1 atom stereocenters. The van der Waals surface area contributed by atoms with E-state index in [0.29, 0.717) is 11.5 Å². The minimum atomic E-state index is -1.98. The van der Waals surface area contributed by atoms with Crippen LogP contribution in [0.4, 0.5) is 0 Å². The summed E-state index contributed by atoms with van der Waals surface area (Å²) < 4.78 is 23.8. The molecule has 0 spiro atoms. The molecular weight excluding hydrogens is 177 g/mol. The monoisotopic (exact) mass is 184 g/mol. The molecule has 0 saturated carbocycles. The second-order valence-corrected chi connectivity index (χ2v) is 2.81. The van der Waals surface area contributed by atoms with E-state index in [9.17, 15) is 4.21 Å². The number of aromatic nitrogens is 1. The zero-order chi connectivity index (χ0) is 7.72. The van der Waals surface area contributed by atoms with Crippen molar-refractivity contribution in [1.29, 1.82) is 0 Å². The molecule has 56 valence electrons. The molecule has 0 aliphatic carbocycles. The Morgan fingerprint density at radius 3 is 2.27 bits per heavy atom. The average Bonchev–Trinajstić information content (AvgIpc) is 2.11. The Balaban J connectivity index is 0.000001000. The van der Waals surface area contributed by atoms with Gasteiger partial charge in [-0.05, 0) is 13.8 Å². The van der Waals surface area contributed by atoms with Gasteiger partial charge in [-0.1, -0.05) is 5.16 Å². The summed E-state index contributed by atoms with van der Waals surface area (Å²) in [5.74, 6) is 0.401. The molecule has 0 aliphatic rings. The van der Waals surface area contributed by atoms with Gasteiger partial charge in [0, 0.05) is 0 Å². The van der Waals surface area contributed by atoms with Crippen LogP contribution < -0.4 is 29.6 Å². The van der Waals surface area contributed by atoms with Crippen LogP contribution in [0.25, 0.3) is 0 Å². The average molecular weight is 184 g/mol. The van der Waals surface area contributed by atoms with Crippen LogP contribution in [0.5, 0.6) is 0 Å². The molecule has 0 bridgehead atoms. The summed E-state index contributed by atoms with van der Waals surface area (Å²) >= 11 is -1.98. The predicted molar refractivity (Wildman–Crippen MR) is 35.0 cm³/mol. The minimum Gasteiger partial charge on any atom is -0.360 e. The topological polar surface area (TPSA) is 63.3 Å². The maximum atomic E-state index is 10.5. The quantitative estimate of drug-likeness (QED) is 0.400. The number of hydrogen-bond acceptors (Lipinski definition) is 3. The molecule has 0 fully saturated rings. The van der Waals surface area contributed by atoms with E-state index in [2.05, 4.69) is 9.68 Å². The third-order valence-corrected chi connectivity index (χ3v) is 2.07. The van der Waals surface area contributed by atoms with Gasteiger partial charge in [-0.15, -0.1) is 0 Å². The number of aryl methyl sites for hydroxylation is 2. The van der Waals surface area contributed by atoms with Gasteiger partial charge >= 0.3 is 29.6 Å². The summed E-state index contributed by atoms with van der Waals surface area (Å²) in [4.78, 5) is 0.278. The fraction of sp³-hybridized carbons (Fsp3) is 0.400. The molecule has 1 aromatic rings. The summed E-state index contributed by atoms with van der Waals surface area (Å²) in [5, 5.41) is 3.51.